The number of hydrogen-bond acceptors (Lipinski definition) is 5. The van der Waals surface area contributed by atoms with Crippen molar-refractivity contribution in [1.82, 2.24) is 4.57 Å². The van der Waals surface area contributed by atoms with Gasteiger partial charge in [-0.25, -0.2) is 0 Å². The highest BCUT2D eigenvalue weighted by molar-refractivity contribution is 6.62. The van der Waals surface area contributed by atoms with E-state index in [1.165, 1.54) is 29.0 Å². The van der Waals surface area contributed by atoms with Crippen LogP contribution in [0, 0.1) is 15.9 Å². The molecule has 27 heavy (non-hydrogen) atoms. The Morgan fingerprint density at radius 2 is 1.78 bits per heavy atom. The van der Waals surface area contributed by atoms with Crippen LogP contribution in [-0.4, -0.2) is 27.8 Å². The van der Waals surface area contributed by atoms with Crippen molar-refractivity contribution in [3.63, 3.8) is 0 Å². The Hall–Kier alpha value is -2.52. The molecule has 0 aliphatic carbocycles. The van der Waals surface area contributed by atoms with Gasteiger partial charge >= 0.3 is 12.8 Å². The lowest BCUT2D eigenvalue weighted by Gasteiger charge is -2.32. The van der Waals surface area contributed by atoms with Crippen molar-refractivity contribution in [1.29, 1.82) is 0 Å². The molecule has 1 aliphatic rings. The molecule has 1 saturated heterocycles. The van der Waals surface area contributed by atoms with Gasteiger partial charge in [0.25, 0.3) is 5.56 Å². The van der Waals surface area contributed by atoms with E-state index in [2.05, 4.69) is 0 Å². The van der Waals surface area contributed by atoms with Crippen LogP contribution in [0.1, 0.15) is 33.3 Å². The Morgan fingerprint density at radius 1 is 1.15 bits per heavy atom. The summed E-state index contributed by atoms with van der Waals surface area (Å²) < 4.78 is 27.1. The summed E-state index contributed by atoms with van der Waals surface area (Å²) in [6.45, 7) is 7.52. The van der Waals surface area contributed by atoms with Crippen LogP contribution in [0.2, 0.25) is 0 Å². The summed E-state index contributed by atoms with van der Waals surface area (Å²) in [6, 6.07) is 6.76. The molecule has 0 spiro atoms. The van der Waals surface area contributed by atoms with E-state index >= 15 is 0 Å². The van der Waals surface area contributed by atoms with Crippen LogP contribution in [0.15, 0.2) is 41.3 Å². The van der Waals surface area contributed by atoms with Crippen LogP contribution < -0.4 is 11.0 Å². The highest BCUT2D eigenvalue weighted by atomic mass is 19.1. The number of halogens is 1. The van der Waals surface area contributed by atoms with Gasteiger partial charge in [-0.2, -0.15) is 4.39 Å². The van der Waals surface area contributed by atoms with Gasteiger partial charge in [0.2, 0.25) is 5.82 Å². The van der Waals surface area contributed by atoms with Crippen molar-refractivity contribution in [2.75, 3.05) is 0 Å². The number of benzene rings is 1. The van der Waals surface area contributed by atoms with Gasteiger partial charge in [0.05, 0.1) is 28.2 Å². The Kier molecular flexibility index (Phi) is 4.69. The van der Waals surface area contributed by atoms with Gasteiger partial charge < -0.3 is 13.9 Å². The number of para-hydroxylation sites is 1. The average Bonchev–Trinajstić information content (AvgIpc) is 2.77. The molecule has 0 atom stereocenters. The van der Waals surface area contributed by atoms with Crippen LogP contribution in [0.3, 0.4) is 0 Å². The van der Waals surface area contributed by atoms with E-state index < -0.39 is 34.7 Å². The molecule has 9 heteroatoms. The predicted octanol–water partition coefficient (Wildman–Crippen LogP) is 2.24. The zero-order valence-electron chi connectivity index (χ0n) is 15.6. The third-order valence-corrected chi connectivity index (χ3v) is 5.13. The standard InChI is InChI=1S/C18H20BFN2O5/c1-17(2)18(3,4)27-19(26-17)13-8-9-15(23)21(11-13)10-12-6-5-7-14(20)16(12)22(24)25/h5-9,11H,10H2,1-4H3. The first-order chi connectivity index (χ1) is 12.5. The fraction of sp³-hybridized carbons (Fsp3) is 0.389. The van der Waals surface area contributed by atoms with E-state index in [-0.39, 0.29) is 17.7 Å². The molecule has 3 rings (SSSR count). The highest BCUT2D eigenvalue weighted by Crippen LogP contribution is 2.36. The van der Waals surface area contributed by atoms with Gasteiger partial charge in [0, 0.05) is 12.3 Å². The Balaban J connectivity index is 1.96. The number of nitro benzene ring substituents is 1. The molecule has 0 radical (unpaired) electrons. The molecule has 0 amide bonds. The smallest absolute Gasteiger partial charge is 0.399 e. The minimum Gasteiger partial charge on any atom is -0.399 e. The summed E-state index contributed by atoms with van der Waals surface area (Å²) in [4.78, 5) is 22.6. The second-order valence-corrected chi connectivity index (χ2v) is 7.52. The molecule has 1 fully saturated rings. The second-order valence-electron chi connectivity index (χ2n) is 7.52. The largest absolute Gasteiger partial charge is 0.496 e. The molecular weight excluding hydrogens is 354 g/mol. The minimum atomic E-state index is -0.937. The van der Waals surface area contributed by atoms with E-state index in [0.717, 1.165) is 6.07 Å². The number of pyridine rings is 1. The highest BCUT2D eigenvalue weighted by Gasteiger charge is 2.51. The SMILES string of the molecule is CC1(C)OB(c2ccc(=O)n(Cc3cccc(F)c3[N+](=O)[O-])c2)OC1(C)C. The summed E-state index contributed by atoms with van der Waals surface area (Å²) in [5, 5.41) is 11.2. The number of rotatable bonds is 4. The third-order valence-electron chi connectivity index (χ3n) is 5.13. The predicted molar refractivity (Wildman–Crippen MR) is 98.6 cm³/mol. The molecule has 0 saturated carbocycles. The van der Waals surface area contributed by atoms with Crippen molar-refractivity contribution in [2.45, 2.75) is 45.4 Å². The fourth-order valence-corrected chi connectivity index (χ4v) is 2.87. The van der Waals surface area contributed by atoms with Crippen molar-refractivity contribution < 1.29 is 18.6 Å². The van der Waals surface area contributed by atoms with Gasteiger partial charge in [-0.1, -0.05) is 18.2 Å². The van der Waals surface area contributed by atoms with Crippen molar-refractivity contribution in [3.05, 3.63) is 68.4 Å². The summed E-state index contributed by atoms with van der Waals surface area (Å²) in [5.74, 6) is -0.937. The van der Waals surface area contributed by atoms with Crippen LogP contribution in [-0.2, 0) is 15.9 Å². The first kappa shape index (κ1) is 19.3. The van der Waals surface area contributed by atoms with Crippen LogP contribution in [0.4, 0.5) is 10.1 Å². The molecule has 142 valence electrons. The zero-order valence-corrected chi connectivity index (χ0v) is 15.6. The van der Waals surface area contributed by atoms with Gasteiger partial charge in [-0.15, -0.1) is 0 Å². The first-order valence-electron chi connectivity index (χ1n) is 8.50. The maximum absolute atomic E-state index is 13.8. The molecule has 2 aromatic rings. The maximum atomic E-state index is 13.8. The van der Waals surface area contributed by atoms with E-state index in [1.54, 1.807) is 6.07 Å². The molecule has 1 aliphatic heterocycles. The average molecular weight is 374 g/mol. The number of hydrogen-bond donors (Lipinski definition) is 0. The Bertz CT molecular complexity index is 941. The molecule has 0 bridgehead atoms. The normalized spacial score (nSPS) is 17.9. The topological polar surface area (TPSA) is 83.6 Å². The number of nitrogens with zero attached hydrogens (tertiary/aromatic N) is 2. The van der Waals surface area contributed by atoms with Crippen molar-refractivity contribution >= 4 is 18.3 Å². The van der Waals surface area contributed by atoms with E-state index in [9.17, 15) is 19.3 Å². The van der Waals surface area contributed by atoms with Crippen LogP contribution in [0.25, 0.3) is 0 Å². The monoisotopic (exact) mass is 374 g/mol. The van der Waals surface area contributed by atoms with Crippen molar-refractivity contribution in [2.24, 2.45) is 0 Å². The van der Waals surface area contributed by atoms with Gasteiger partial charge in [-0.05, 0) is 39.2 Å². The van der Waals surface area contributed by atoms with Crippen LogP contribution >= 0.6 is 0 Å². The molecular formula is C18H20BFN2O5. The van der Waals surface area contributed by atoms with Gasteiger partial charge in [-0.3, -0.25) is 14.9 Å². The summed E-state index contributed by atoms with van der Waals surface area (Å²) >= 11 is 0. The summed E-state index contributed by atoms with van der Waals surface area (Å²) in [5.41, 5.74) is -1.38. The first-order valence-corrected chi connectivity index (χ1v) is 8.50. The van der Waals surface area contributed by atoms with Gasteiger partial charge in [0.15, 0.2) is 0 Å². The third kappa shape index (κ3) is 3.52. The number of nitro groups is 1. The van der Waals surface area contributed by atoms with Crippen LogP contribution in [0.5, 0.6) is 0 Å². The molecule has 7 nitrogen and oxygen atoms in total. The maximum Gasteiger partial charge on any atom is 0.496 e. The lowest BCUT2D eigenvalue weighted by atomic mass is 9.80. The second kappa shape index (κ2) is 6.58. The molecule has 0 unspecified atom stereocenters. The van der Waals surface area contributed by atoms with E-state index in [1.807, 2.05) is 27.7 Å². The Labute approximate surface area is 156 Å². The fourth-order valence-electron chi connectivity index (χ4n) is 2.87. The number of aromatic nitrogens is 1. The van der Waals surface area contributed by atoms with E-state index in [4.69, 9.17) is 9.31 Å². The zero-order chi connectivity index (χ0) is 20.0. The van der Waals surface area contributed by atoms with Gasteiger partial charge in [0.1, 0.15) is 0 Å². The molecule has 2 heterocycles. The quantitative estimate of drug-likeness (QED) is 0.466. The van der Waals surface area contributed by atoms with Crippen molar-refractivity contribution in [3.8, 4) is 0 Å². The summed E-state index contributed by atoms with van der Waals surface area (Å²) in [7, 11) is -0.677. The van der Waals surface area contributed by atoms with E-state index in [0.29, 0.717) is 5.46 Å². The molecule has 0 N–H and O–H groups in total. The minimum absolute atomic E-state index is 0.105. The molecule has 1 aromatic heterocycles. The lowest BCUT2D eigenvalue weighted by molar-refractivity contribution is -0.388. The Morgan fingerprint density at radius 3 is 2.37 bits per heavy atom. The lowest BCUT2D eigenvalue weighted by Crippen LogP contribution is -2.41. The summed E-state index contributed by atoms with van der Waals surface area (Å²) in [6.07, 6.45) is 1.53. The molecule has 1 aromatic carbocycles.